The summed E-state index contributed by atoms with van der Waals surface area (Å²) >= 11 is 0. The van der Waals surface area contributed by atoms with Gasteiger partial charge in [0.1, 0.15) is 11.4 Å². The van der Waals surface area contributed by atoms with Crippen LogP contribution in [0.1, 0.15) is 21.7 Å². The van der Waals surface area contributed by atoms with Crippen LogP contribution in [-0.2, 0) is 27.8 Å². The number of hydrogen-bond donors (Lipinski definition) is 1. The van der Waals surface area contributed by atoms with E-state index in [4.69, 9.17) is 14.0 Å². The van der Waals surface area contributed by atoms with Crippen LogP contribution in [0.2, 0.25) is 0 Å². The molecule has 1 N–H and O–H groups in total. The summed E-state index contributed by atoms with van der Waals surface area (Å²) in [7, 11) is -1.64. The first-order valence-electron chi connectivity index (χ1n) is 9.15. The zero-order valence-corrected chi connectivity index (χ0v) is 17.4. The van der Waals surface area contributed by atoms with Gasteiger partial charge in [0.2, 0.25) is 10.0 Å². The molecule has 0 fully saturated rings. The minimum absolute atomic E-state index is 0.0546. The van der Waals surface area contributed by atoms with Crippen LogP contribution in [0.5, 0.6) is 5.75 Å². The second-order valence-corrected chi connectivity index (χ2v) is 8.40. The summed E-state index contributed by atoms with van der Waals surface area (Å²) in [5.41, 5.74) is 2.66. The molecule has 0 amide bonds. The minimum Gasteiger partial charge on any atom is -0.496 e. The molecule has 0 saturated carbocycles. The molecule has 2 aromatic carbocycles. The van der Waals surface area contributed by atoms with E-state index in [-0.39, 0.29) is 6.61 Å². The van der Waals surface area contributed by atoms with Gasteiger partial charge in [0.15, 0.2) is 12.4 Å². The van der Waals surface area contributed by atoms with Crippen LogP contribution in [0.15, 0.2) is 59.1 Å². The maximum atomic E-state index is 12.3. The number of rotatable bonds is 9. The second-order valence-electron chi connectivity index (χ2n) is 6.57. The van der Waals surface area contributed by atoms with Crippen molar-refractivity contribution >= 4 is 16.0 Å². The maximum absolute atomic E-state index is 12.3. The van der Waals surface area contributed by atoms with Crippen LogP contribution in [0.3, 0.4) is 0 Å². The first-order chi connectivity index (χ1) is 14.4. The number of para-hydroxylation sites is 1. The summed E-state index contributed by atoms with van der Waals surface area (Å²) in [5.74, 6) is 0.583. The number of carbonyl (C=O) groups excluding carboxylic acids is 1. The van der Waals surface area contributed by atoms with Gasteiger partial charge in [-0.2, -0.15) is 0 Å². The van der Waals surface area contributed by atoms with Crippen molar-refractivity contribution in [1.82, 2.24) is 9.88 Å². The fourth-order valence-electron chi connectivity index (χ4n) is 2.77. The third-order valence-electron chi connectivity index (χ3n) is 4.25. The number of nitrogens with one attached hydrogen (secondary N) is 1. The highest BCUT2D eigenvalue weighted by Crippen LogP contribution is 2.29. The third kappa shape index (κ3) is 5.91. The Morgan fingerprint density at radius 1 is 1.13 bits per heavy atom. The van der Waals surface area contributed by atoms with E-state index in [2.05, 4.69) is 9.88 Å². The van der Waals surface area contributed by atoms with E-state index in [0.717, 1.165) is 17.4 Å². The van der Waals surface area contributed by atoms with E-state index < -0.39 is 16.0 Å². The average Bonchev–Trinajstić information content (AvgIpc) is 3.20. The fraction of sp³-hybridized carbons (Fsp3) is 0.238. The molecule has 30 heavy (non-hydrogen) atoms. The number of nitrogens with zero attached hydrogens (tertiary/aromatic N) is 1. The fourth-order valence-corrected chi connectivity index (χ4v) is 3.25. The van der Waals surface area contributed by atoms with Gasteiger partial charge in [-0.05, 0) is 36.2 Å². The quantitative estimate of drug-likeness (QED) is 0.520. The molecular weight excluding hydrogens is 408 g/mol. The number of carbonyl (C=O) groups is 1. The van der Waals surface area contributed by atoms with Crippen molar-refractivity contribution in [2.24, 2.45) is 0 Å². The summed E-state index contributed by atoms with van der Waals surface area (Å²) in [6, 6.07) is 15.9. The molecular formula is C21H22N2O6S. The molecule has 3 aromatic rings. The second kappa shape index (κ2) is 9.55. The summed E-state index contributed by atoms with van der Waals surface area (Å²) < 4.78 is 40.4. The topological polar surface area (TPSA) is 108 Å². The van der Waals surface area contributed by atoms with Crippen molar-refractivity contribution in [2.45, 2.75) is 13.0 Å². The maximum Gasteiger partial charge on any atom is 0.338 e. The number of benzene rings is 2. The molecule has 0 aliphatic carbocycles. The molecule has 0 spiro atoms. The number of aromatic nitrogens is 1. The Morgan fingerprint density at radius 2 is 1.87 bits per heavy atom. The number of esters is 1. The lowest BCUT2D eigenvalue weighted by Gasteiger charge is -2.05. The molecule has 0 aliphatic rings. The third-order valence-corrected chi connectivity index (χ3v) is 4.98. The molecule has 158 valence electrons. The molecule has 1 aromatic heterocycles. The molecule has 0 radical (unpaired) electrons. The zero-order chi connectivity index (χ0) is 21.6. The summed E-state index contributed by atoms with van der Waals surface area (Å²) in [4.78, 5) is 12.3. The summed E-state index contributed by atoms with van der Waals surface area (Å²) in [6.45, 7) is 0.240. The van der Waals surface area contributed by atoms with Crippen LogP contribution >= 0.6 is 0 Å². The van der Waals surface area contributed by atoms with Crippen molar-refractivity contribution in [1.29, 1.82) is 0 Å². The molecule has 0 bridgehead atoms. The van der Waals surface area contributed by atoms with Crippen LogP contribution in [-0.4, -0.2) is 39.5 Å². The van der Waals surface area contributed by atoms with Gasteiger partial charge in [-0.1, -0.05) is 29.4 Å². The van der Waals surface area contributed by atoms with Crippen molar-refractivity contribution in [3.8, 4) is 17.0 Å². The molecule has 1 heterocycles. The van der Waals surface area contributed by atoms with E-state index in [1.165, 1.54) is 0 Å². The molecule has 0 aliphatic heterocycles. The Morgan fingerprint density at radius 3 is 2.57 bits per heavy atom. The van der Waals surface area contributed by atoms with Gasteiger partial charge in [-0.25, -0.2) is 17.9 Å². The van der Waals surface area contributed by atoms with E-state index in [1.54, 1.807) is 37.4 Å². The monoisotopic (exact) mass is 430 g/mol. The average molecular weight is 430 g/mol. The largest absolute Gasteiger partial charge is 0.496 e. The number of sulfonamides is 1. The first-order valence-corrected chi connectivity index (χ1v) is 11.0. The first kappa shape index (κ1) is 21.5. The summed E-state index contributed by atoms with van der Waals surface area (Å²) in [6.07, 6.45) is 1.63. The SMILES string of the molecule is COc1ccccc1-c1cc(COC(=O)c2ccc(CCNS(C)(=O)=O)cc2)on1. The smallest absolute Gasteiger partial charge is 0.338 e. The highest BCUT2D eigenvalue weighted by Gasteiger charge is 2.13. The van der Waals surface area contributed by atoms with E-state index >= 15 is 0 Å². The Balaban J connectivity index is 1.55. The standard InChI is InChI=1S/C21H22N2O6S/c1-27-20-6-4-3-5-18(20)19-13-17(29-23-19)14-28-21(24)16-9-7-15(8-10-16)11-12-22-30(2,25)26/h3-10,13,22H,11-12,14H2,1-2H3. The lowest BCUT2D eigenvalue weighted by Crippen LogP contribution is -2.24. The van der Waals surface area contributed by atoms with Crippen LogP contribution in [0.4, 0.5) is 0 Å². The van der Waals surface area contributed by atoms with Crippen LogP contribution in [0, 0.1) is 0 Å². The Labute approximate surface area is 174 Å². The molecule has 0 unspecified atom stereocenters. The lowest BCUT2D eigenvalue weighted by molar-refractivity contribution is 0.0437. The van der Waals surface area contributed by atoms with Crippen LogP contribution < -0.4 is 9.46 Å². The predicted octanol–water partition coefficient (Wildman–Crippen LogP) is 2.80. The van der Waals surface area contributed by atoms with E-state index in [1.807, 2.05) is 24.3 Å². The van der Waals surface area contributed by atoms with Crippen molar-refractivity contribution < 1.29 is 27.2 Å². The molecule has 9 heteroatoms. The number of ether oxygens (including phenoxy) is 2. The Hall–Kier alpha value is -3.17. The number of hydrogen-bond acceptors (Lipinski definition) is 7. The summed E-state index contributed by atoms with van der Waals surface area (Å²) in [5, 5.41) is 4.01. The van der Waals surface area contributed by atoms with Gasteiger partial charge in [-0.3, -0.25) is 0 Å². The van der Waals surface area contributed by atoms with Gasteiger partial charge in [0.25, 0.3) is 0 Å². The van der Waals surface area contributed by atoms with Gasteiger partial charge in [-0.15, -0.1) is 0 Å². The molecule has 0 saturated heterocycles. The van der Waals surface area contributed by atoms with Crippen molar-refractivity contribution in [3.05, 3.63) is 71.5 Å². The number of methoxy groups -OCH3 is 1. The van der Waals surface area contributed by atoms with E-state index in [9.17, 15) is 13.2 Å². The van der Waals surface area contributed by atoms with Crippen molar-refractivity contribution in [2.75, 3.05) is 19.9 Å². The predicted molar refractivity (Wildman–Crippen MR) is 111 cm³/mol. The zero-order valence-electron chi connectivity index (χ0n) is 16.6. The van der Waals surface area contributed by atoms with Gasteiger partial charge < -0.3 is 14.0 Å². The van der Waals surface area contributed by atoms with Gasteiger partial charge >= 0.3 is 5.97 Å². The highest BCUT2D eigenvalue weighted by molar-refractivity contribution is 7.88. The van der Waals surface area contributed by atoms with Gasteiger partial charge in [0.05, 0.1) is 18.9 Å². The van der Waals surface area contributed by atoms with Gasteiger partial charge in [0, 0.05) is 18.2 Å². The van der Waals surface area contributed by atoms with E-state index in [0.29, 0.717) is 35.7 Å². The Bertz CT molecular complexity index is 1110. The molecule has 0 atom stereocenters. The van der Waals surface area contributed by atoms with Crippen molar-refractivity contribution in [3.63, 3.8) is 0 Å². The normalized spacial score (nSPS) is 11.3. The highest BCUT2D eigenvalue weighted by atomic mass is 32.2. The molecule has 3 rings (SSSR count). The van der Waals surface area contributed by atoms with Crippen LogP contribution in [0.25, 0.3) is 11.3 Å². The lowest BCUT2D eigenvalue weighted by atomic mass is 10.1. The Kier molecular flexibility index (Phi) is 6.86. The minimum atomic E-state index is -3.21. The molecule has 8 nitrogen and oxygen atoms in total.